The van der Waals surface area contributed by atoms with Crippen LogP contribution in [0.5, 0.6) is 0 Å². The molecule has 0 spiro atoms. The van der Waals surface area contributed by atoms with E-state index in [-0.39, 0.29) is 0 Å². The molecule has 0 aromatic heterocycles. The van der Waals surface area contributed by atoms with Crippen LogP contribution in [0.4, 0.5) is 0 Å². The number of esters is 1. The first-order valence-corrected chi connectivity index (χ1v) is 8.70. The van der Waals surface area contributed by atoms with Crippen LogP contribution < -0.4 is 0 Å². The van der Waals surface area contributed by atoms with Crippen LogP contribution in [0.25, 0.3) is 0 Å². The van der Waals surface area contributed by atoms with Gasteiger partial charge in [-0.05, 0) is 17.7 Å². The van der Waals surface area contributed by atoms with E-state index >= 15 is 0 Å². The zero-order chi connectivity index (χ0) is 20.7. The van der Waals surface area contributed by atoms with E-state index in [0.717, 1.165) is 0 Å². The van der Waals surface area contributed by atoms with E-state index in [4.69, 9.17) is 14.9 Å². The maximum atomic E-state index is 11.7. The van der Waals surface area contributed by atoms with Gasteiger partial charge in [-0.2, -0.15) is 15.8 Å². The SMILES string of the molecule is CCC12OC(=N)C(C#N)(C1C)C(C#N)(C#N)C(c1ccc(C(=O)OC)cc1)O2. The predicted octanol–water partition coefficient (Wildman–Crippen LogP) is 2.84. The molecule has 142 valence electrons. The lowest BCUT2D eigenvalue weighted by molar-refractivity contribution is -0.280. The minimum Gasteiger partial charge on any atom is -0.465 e. The van der Waals surface area contributed by atoms with Crippen LogP contribution in [0.2, 0.25) is 0 Å². The Hall–Kier alpha value is -3.41. The summed E-state index contributed by atoms with van der Waals surface area (Å²) >= 11 is 0. The number of hydrogen-bond acceptors (Lipinski definition) is 8. The van der Waals surface area contributed by atoms with Gasteiger partial charge in [0.05, 0.1) is 36.8 Å². The lowest BCUT2D eigenvalue weighted by Gasteiger charge is -2.48. The molecule has 2 heterocycles. The Kier molecular flexibility index (Phi) is 4.38. The molecule has 1 aromatic carbocycles. The van der Waals surface area contributed by atoms with Crippen molar-refractivity contribution in [2.45, 2.75) is 32.2 Å². The van der Waals surface area contributed by atoms with Gasteiger partial charge in [0.1, 0.15) is 6.10 Å². The van der Waals surface area contributed by atoms with Crippen LogP contribution >= 0.6 is 0 Å². The summed E-state index contributed by atoms with van der Waals surface area (Å²) in [7, 11) is 1.26. The number of carbonyl (C=O) groups excluding carboxylic acids is 1. The summed E-state index contributed by atoms with van der Waals surface area (Å²) in [5.74, 6) is -2.95. The van der Waals surface area contributed by atoms with Crippen molar-refractivity contribution in [3.05, 3.63) is 35.4 Å². The van der Waals surface area contributed by atoms with Gasteiger partial charge >= 0.3 is 5.97 Å². The Morgan fingerprint density at radius 1 is 1.21 bits per heavy atom. The number of nitrogens with zero attached hydrogens (tertiary/aromatic N) is 3. The van der Waals surface area contributed by atoms with Gasteiger partial charge in [-0.15, -0.1) is 0 Å². The van der Waals surface area contributed by atoms with Gasteiger partial charge in [-0.1, -0.05) is 26.0 Å². The molecule has 28 heavy (non-hydrogen) atoms. The van der Waals surface area contributed by atoms with Crippen LogP contribution in [-0.2, 0) is 14.2 Å². The van der Waals surface area contributed by atoms with E-state index in [9.17, 15) is 20.6 Å². The highest BCUT2D eigenvalue weighted by Gasteiger charge is 2.78. The lowest BCUT2D eigenvalue weighted by atomic mass is 9.53. The number of nitriles is 3. The molecule has 2 aliphatic heterocycles. The Morgan fingerprint density at radius 3 is 2.29 bits per heavy atom. The molecule has 0 radical (unpaired) electrons. The first-order valence-electron chi connectivity index (χ1n) is 8.70. The molecular formula is C20H18N4O4. The van der Waals surface area contributed by atoms with E-state index in [1.54, 1.807) is 26.0 Å². The third-order valence-electron chi connectivity index (χ3n) is 5.93. The standard InChI is InChI=1S/C20H18N4O4/c1-4-20-12(2)19(11-23,17(24)28-20)18(9-21,10-22)15(27-20)13-5-7-14(8-6-13)16(25)26-3/h5-8,12,15,24H,4H2,1-3H3. The minimum atomic E-state index is -2.00. The normalized spacial score (nSPS) is 32.4. The second-order valence-electron chi connectivity index (χ2n) is 6.88. The van der Waals surface area contributed by atoms with Crippen molar-refractivity contribution in [1.29, 1.82) is 21.2 Å². The highest BCUT2D eigenvalue weighted by molar-refractivity contribution is 5.90. The number of fused-ring (bicyclic) bond motifs is 2. The topological polar surface area (TPSA) is 140 Å². The molecular weight excluding hydrogens is 360 g/mol. The molecule has 2 aliphatic rings. The van der Waals surface area contributed by atoms with Gasteiger partial charge in [-0.25, -0.2) is 4.79 Å². The fourth-order valence-corrected chi connectivity index (χ4v) is 4.26. The Morgan fingerprint density at radius 2 is 1.82 bits per heavy atom. The fraction of sp³-hybridized carbons (Fsp3) is 0.450. The highest BCUT2D eigenvalue weighted by atomic mass is 16.7. The van der Waals surface area contributed by atoms with E-state index in [1.807, 2.05) is 12.1 Å². The minimum absolute atomic E-state index is 0.294. The molecule has 3 rings (SSSR count). The Balaban J connectivity index is 2.23. The first kappa shape index (κ1) is 19.4. The quantitative estimate of drug-likeness (QED) is 0.797. The Bertz CT molecular complexity index is 954. The second-order valence-corrected chi connectivity index (χ2v) is 6.88. The van der Waals surface area contributed by atoms with E-state index in [1.165, 1.54) is 19.2 Å². The zero-order valence-corrected chi connectivity index (χ0v) is 15.6. The smallest absolute Gasteiger partial charge is 0.337 e. The number of carbonyl (C=O) groups is 1. The van der Waals surface area contributed by atoms with Crippen molar-refractivity contribution in [3.63, 3.8) is 0 Å². The summed E-state index contributed by atoms with van der Waals surface area (Å²) in [6, 6.07) is 12.1. The number of methoxy groups -OCH3 is 1. The maximum Gasteiger partial charge on any atom is 0.337 e. The average molecular weight is 378 g/mol. The third kappa shape index (κ3) is 2.05. The highest BCUT2D eigenvalue weighted by Crippen LogP contribution is 2.66. The number of rotatable bonds is 3. The lowest BCUT2D eigenvalue weighted by Crippen LogP contribution is -2.58. The summed E-state index contributed by atoms with van der Waals surface area (Å²) in [5, 5.41) is 38.4. The molecule has 2 saturated heterocycles. The number of ether oxygens (including phenoxy) is 3. The molecule has 1 N–H and O–H groups in total. The van der Waals surface area contributed by atoms with Crippen molar-refractivity contribution in [1.82, 2.24) is 0 Å². The number of hydrogen-bond donors (Lipinski definition) is 1. The van der Waals surface area contributed by atoms with Gasteiger partial charge in [0, 0.05) is 6.42 Å². The Labute approximate surface area is 162 Å². The fourth-order valence-electron chi connectivity index (χ4n) is 4.26. The van der Waals surface area contributed by atoms with E-state index in [2.05, 4.69) is 10.8 Å². The third-order valence-corrected chi connectivity index (χ3v) is 5.93. The summed E-state index contributed by atoms with van der Waals surface area (Å²) in [5.41, 5.74) is -3.06. The molecule has 8 heteroatoms. The van der Waals surface area contributed by atoms with Crippen LogP contribution in [-0.4, -0.2) is 24.8 Å². The molecule has 0 saturated carbocycles. The molecule has 4 unspecified atom stereocenters. The molecule has 2 fully saturated rings. The van der Waals surface area contributed by atoms with Crippen LogP contribution in [0, 0.1) is 56.2 Å². The molecule has 1 aromatic rings. The van der Waals surface area contributed by atoms with Crippen molar-refractivity contribution in [2.24, 2.45) is 16.7 Å². The molecule has 0 amide bonds. The van der Waals surface area contributed by atoms with Crippen LogP contribution in [0.3, 0.4) is 0 Å². The van der Waals surface area contributed by atoms with Crippen molar-refractivity contribution < 1.29 is 19.0 Å². The maximum absolute atomic E-state index is 11.7. The zero-order valence-electron chi connectivity index (χ0n) is 15.6. The van der Waals surface area contributed by atoms with Crippen molar-refractivity contribution in [2.75, 3.05) is 7.11 Å². The summed E-state index contributed by atoms with van der Waals surface area (Å²) in [4.78, 5) is 11.7. The monoisotopic (exact) mass is 378 g/mol. The van der Waals surface area contributed by atoms with E-state index < -0.39 is 40.5 Å². The molecule has 0 aliphatic carbocycles. The van der Waals surface area contributed by atoms with Gasteiger partial charge in [-0.3, -0.25) is 5.41 Å². The van der Waals surface area contributed by atoms with Crippen molar-refractivity contribution >= 4 is 11.9 Å². The summed E-state index contributed by atoms with van der Waals surface area (Å²) < 4.78 is 16.5. The molecule has 8 nitrogen and oxygen atoms in total. The van der Waals surface area contributed by atoms with Gasteiger partial charge in [0.2, 0.25) is 17.1 Å². The second kappa shape index (κ2) is 6.34. The largest absolute Gasteiger partial charge is 0.465 e. The summed E-state index contributed by atoms with van der Waals surface area (Å²) in [6.45, 7) is 3.45. The number of benzene rings is 1. The van der Waals surface area contributed by atoms with Gasteiger partial charge in [0.15, 0.2) is 5.41 Å². The van der Waals surface area contributed by atoms with Crippen molar-refractivity contribution in [3.8, 4) is 18.2 Å². The predicted molar refractivity (Wildman–Crippen MR) is 94.3 cm³/mol. The first-order chi connectivity index (χ1) is 13.3. The van der Waals surface area contributed by atoms with E-state index in [0.29, 0.717) is 17.5 Å². The van der Waals surface area contributed by atoms with Crippen LogP contribution in [0.15, 0.2) is 24.3 Å². The number of nitrogens with one attached hydrogen (secondary N) is 1. The van der Waals surface area contributed by atoms with Gasteiger partial charge in [0.25, 0.3) is 0 Å². The molecule has 4 atom stereocenters. The average Bonchev–Trinajstić information content (AvgIpc) is 2.89. The van der Waals surface area contributed by atoms with Crippen LogP contribution in [0.1, 0.15) is 42.3 Å². The van der Waals surface area contributed by atoms with Gasteiger partial charge < -0.3 is 14.2 Å². The molecule has 2 bridgehead atoms. The summed E-state index contributed by atoms with van der Waals surface area (Å²) in [6.07, 6.45) is -0.822.